The van der Waals surface area contributed by atoms with Gasteiger partial charge in [-0.2, -0.15) is 4.98 Å². The minimum absolute atomic E-state index is 0.111. The number of rotatable bonds is 4. The molecule has 2 N–H and O–H groups in total. The number of methoxy groups -OCH3 is 1. The molecule has 2 heterocycles. The largest absolute Gasteiger partial charge is 0.497 e. The zero-order chi connectivity index (χ0) is 16.4. The molecule has 1 aromatic heterocycles. The van der Waals surface area contributed by atoms with Gasteiger partial charge < -0.3 is 15.4 Å². The Labute approximate surface area is 133 Å². The minimum atomic E-state index is -0.579. The Kier molecular flexibility index (Phi) is 3.96. The molecule has 1 aliphatic heterocycles. The van der Waals surface area contributed by atoms with Crippen LogP contribution >= 0.6 is 0 Å². The summed E-state index contributed by atoms with van der Waals surface area (Å²) in [4.78, 5) is 20.5. The summed E-state index contributed by atoms with van der Waals surface area (Å²) in [6.07, 6.45) is 3.13. The predicted octanol–water partition coefficient (Wildman–Crippen LogP) is 2.32. The lowest BCUT2D eigenvalue weighted by molar-refractivity contribution is -0.384. The van der Waals surface area contributed by atoms with Gasteiger partial charge in [0.05, 0.1) is 18.1 Å². The molecule has 1 saturated heterocycles. The third kappa shape index (κ3) is 2.87. The second-order valence-electron chi connectivity index (χ2n) is 5.32. The molecule has 1 unspecified atom stereocenters. The lowest BCUT2D eigenvalue weighted by Gasteiger charge is -2.25. The van der Waals surface area contributed by atoms with Crippen molar-refractivity contribution in [3.8, 4) is 5.75 Å². The molecule has 0 aliphatic carbocycles. The molecule has 8 nitrogen and oxygen atoms in total. The third-order valence-corrected chi connectivity index (χ3v) is 3.99. The SMILES string of the molecule is COc1ccc(C2CCCN2c2ncc([N+](=O)[O-])c(N)n2)cc1. The minimum Gasteiger partial charge on any atom is -0.497 e. The van der Waals surface area contributed by atoms with Crippen LogP contribution in [-0.4, -0.2) is 28.5 Å². The summed E-state index contributed by atoms with van der Waals surface area (Å²) in [6, 6.07) is 7.97. The number of nitro groups is 1. The van der Waals surface area contributed by atoms with Crippen molar-refractivity contribution in [1.29, 1.82) is 0 Å². The monoisotopic (exact) mass is 315 g/mol. The molecule has 0 saturated carbocycles. The lowest BCUT2D eigenvalue weighted by atomic mass is 10.0. The van der Waals surface area contributed by atoms with Crippen LogP contribution in [0.3, 0.4) is 0 Å². The first kappa shape index (κ1) is 15.0. The Bertz CT molecular complexity index is 720. The number of hydrogen-bond acceptors (Lipinski definition) is 7. The Morgan fingerprint density at radius 1 is 1.39 bits per heavy atom. The molecule has 2 aromatic rings. The van der Waals surface area contributed by atoms with Crippen molar-refractivity contribution in [2.45, 2.75) is 18.9 Å². The Morgan fingerprint density at radius 2 is 2.13 bits per heavy atom. The standard InChI is InChI=1S/C15H17N5O3/c1-23-11-6-4-10(5-7-11)12-3-2-8-19(12)15-17-9-13(20(21)22)14(16)18-15/h4-7,9,12H,2-3,8H2,1H3,(H2,16,17,18). The highest BCUT2D eigenvalue weighted by Gasteiger charge is 2.29. The summed E-state index contributed by atoms with van der Waals surface area (Å²) in [6.45, 7) is 0.786. The van der Waals surface area contributed by atoms with Crippen molar-refractivity contribution in [2.75, 3.05) is 24.3 Å². The van der Waals surface area contributed by atoms with Gasteiger partial charge in [-0.25, -0.2) is 4.98 Å². The topological polar surface area (TPSA) is 107 Å². The lowest BCUT2D eigenvalue weighted by Crippen LogP contribution is -2.25. The van der Waals surface area contributed by atoms with Gasteiger partial charge >= 0.3 is 5.69 Å². The summed E-state index contributed by atoms with van der Waals surface area (Å²) in [5.41, 5.74) is 6.53. The maximum Gasteiger partial charge on any atom is 0.329 e. The molecule has 23 heavy (non-hydrogen) atoms. The first-order valence-electron chi connectivity index (χ1n) is 7.27. The predicted molar refractivity (Wildman–Crippen MR) is 85.4 cm³/mol. The zero-order valence-electron chi connectivity index (χ0n) is 12.7. The molecule has 0 spiro atoms. The Hall–Kier alpha value is -2.90. The number of benzene rings is 1. The van der Waals surface area contributed by atoms with Gasteiger partial charge in [0.1, 0.15) is 11.9 Å². The van der Waals surface area contributed by atoms with E-state index in [9.17, 15) is 10.1 Å². The fraction of sp³-hybridized carbons (Fsp3) is 0.333. The van der Waals surface area contributed by atoms with Gasteiger partial charge in [-0.1, -0.05) is 12.1 Å². The smallest absolute Gasteiger partial charge is 0.329 e. The molecule has 1 aliphatic rings. The van der Waals surface area contributed by atoms with Crippen LogP contribution in [0.5, 0.6) is 5.75 Å². The van der Waals surface area contributed by atoms with Crippen LogP contribution in [0.1, 0.15) is 24.4 Å². The molecule has 8 heteroatoms. The van der Waals surface area contributed by atoms with E-state index in [1.807, 2.05) is 29.2 Å². The van der Waals surface area contributed by atoms with E-state index in [-0.39, 0.29) is 17.5 Å². The van der Waals surface area contributed by atoms with Gasteiger partial charge in [0, 0.05) is 6.54 Å². The van der Waals surface area contributed by atoms with E-state index in [4.69, 9.17) is 10.5 Å². The number of hydrogen-bond donors (Lipinski definition) is 1. The van der Waals surface area contributed by atoms with Crippen LogP contribution < -0.4 is 15.4 Å². The number of nitrogens with two attached hydrogens (primary N) is 1. The van der Waals surface area contributed by atoms with E-state index < -0.39 is 4.92 Å². The molecule has 1 aromatic carbocycles. The summed E-state index contributed by atoms with van der Waals surface area (Å²) >= 11 is 0. The molecule has 120 valence electrons. The highest BCUT2D eigenvalue weighted by molar-refractivity contribution is 5.54. The van der Waals surface area contributed by atoms with E-state index in [1.165, 1.54) is 6.20 Å². The maximum atomic E-state index is 10.8. The van der Waals surface area contributed by atoms with Crippen molar-refractivity contribution < 1.29 is 9.66 Å². The van der Waals surface area contributed by atoms with Gasteiger partial charge in [0.25, 0.3) is 0 Å². The Morgan fingerprint density at radius 3 is 2.74 bits per heavy atom. The first-order chi connectivity index (χ1) is 11.1. The van der Waals surface area contributed by atoms with E-state index in [0.717, 1.165) is 30.7 Å². The first-order valence-corrected chi connectivity index (χ1v) is 7.27. The second kappa shape index (κ2) is 6.07. The van der Waals surface area contributed by atoms with E-state index in [1.54, 1.807) is 7.11 Å². The summed E-state index contributed by atoms with van der Waals surface area (Å²) < 4.78 is 5.18. The van der Waals surface area contributed by atoms with Crippen LogP contribution in [0.4, 0.5) is 17.5 Å². The molecule has 0 radical (unpaired) electrons. The Balaban J connectivity index is 1.89. The summed E-state index contributed by atoms with van der Waals surface area (Å²) in [7, 11) is 1.63. The number of nitrogens with zero attached hydrogens (tertiary/aromatic N) is 4. The van der Waals surface area contributed by atoms with Gasteiger partial charge in [-0.3, -0.25) is 10.1 Å². The molecule has 1 fully saturated rings. The number of aromatic nitrogens is 2. The van der Waals surface area contributed by atoms with Crippen LogP contribution in [-0.2, 0) is 0 Å². The molecule has 0 amide bonds. The fourth-order valence-electron chi connectivity index (χ4n) is 2.84. The van der Waals surface area contributed by atoms with Gasteiger partial charge in [0.2, 0.25) is 11.8 Å². The summed E-state index contributed by atoms with van der Waals surface area (Å²) in [5.74, 6) is 1.11. The van der Waals surface area contributed by atoms with Crippen molar-refractivity contribution >= 4 is 17.5 Å². The van der Waals surface area contributed by atoms with Crippen LogP contribution in [0.15, 0.2) is 30.5 Å². The van der Waals surface area contributed by atoms with E-state index in [0.29, 0.717) is 5.95 Å². The van der Waals surface area contributed by atoms with Crippen LogP contribution in [0, 0.1) is 10.1 Å². The number of ether oxygens (including phenoxy) is 1. The molecule has 0 bridgehead atoms. The molecule has 1 atom stereocenters. The van der Waals surface area contributed by atoms with Crippen molar-refractivity contribution in [3.63, 3.8) is 0 Å². The average molecular weight is 315 g/mol. The summed E-state index contributed by atoms with van der Waals surface area (Å²) in [5, 5.41) is 10.8. The second-order valence-corrected chi connectivity index (χ2v) is 5.32. The van der Waals surface area contributed by atoms with Gasteiger partial charge in [-0.15, -0.1) is 0 Å². The molecular formula is C15H17N5O3. The van der Waals surface area contributed by atoms with Gasteiger partial charge in [0.15, 0.2) is 0 Å². The maximum absolute atomic E-state index is 10.8. The van der Waals surface area contributed by atoms with Crippen molar-refractivity contribution in [3.05, 3.63) is 46.1 Å². The van der Waals surface area contributed by atoms with E-state index >= 15 is 0 Å². The van der Waals surface area contributed by atoms with Crippen LogP contribution in [0.2, 0.25) is 0 Å². The molecule has 3 rings (SSSR count). The normalized spacial score (nSPS) is 17.3. The average Bonchev–Trinajstić information content (AvgIpc) is 3.04. The van der Waals surface area contributed by atoms with Crippen molar-refractivity contribution in [1.82, 2.24) is 9.97 Å². The quantitative estimate of drug-likeness (QED) is 0.681. The number of anilines is 2. The van der Waals surface area contributed by atoms with Crippen LogP contribution in [0.25, 0.3) is 0 Å². The highest BCUT2D eigenvalue weighted by atomic mass is 16.6. The zero-order valence-corrected chi connectivity index (χ0v) is 12.7. The van der Waals surface area contributed by atoms with Gasteiger partial charge in [-0.05, 0) is 30.5 Å². The highest BCUT2D eigenvalue weighted by Crippen LogP contribution is 2.35. The van der Waals surface area contributed by atoms with Crippen molar-refractivity contribution in [2.24, 2.45) is 0 Å². The number of nitrogen functional groups attached to an aromatic ring is 1. The third-order valence-electron chi connectivity index (χ3n) is 3.99. The molecular weight excluding hydrogens is 298 g/mol. The van der Waals surface area contributed by atoms with E-state index in [2.05, 4.69) is 9.97 Å². The fourth-order valence-corrected chi connectivity index (χ4v) is 2.84.